The average molecular weight is 475 g/mol. The predicted molar refractivity (Wildman–Crippen MR) is 124 cm³/mol. The van der Waals surface area contributed by atoms with E-state index in [4.69, 9.17) is 14.2 Å². The molecule has 0 aliphatic carbocycles. The molecule has 33 heavy (non-hydrogen) atoms. The first kappa shape index (κ1) is 23.4. The number of para-hydroxylation sites is 2. The monoisotopic (exact) mass is 474 g/mol. The molecule has 2 heterocycles. The van der Waals surface area contributed by atoms with Gasteiger partial charge in [0.25, 0.3) is 5.91 Å². The number of carbonyl (C=O) groups excluding carboxylic acids is 1. The number of fused-ring (bicyclic) bond motifs is 1. The predicted octanol–water partition coefficient (Wildman–Crippen LogP) is 3.82. The van der Waals surface area contributed by atoms with Crippen molar-refractivity contribution in [2.75, 3.05) is 18.4 Å². The minimum absolute atomic E-state index is 0.120. The molecule has 0 spiro atoms. The van der Waals surface area contributed by atoms with Gasteiger partial charge in [-0.05, 0) is 63.9 Å². The topological polar surface area (TPSA) is 94.2 Å². The lowest BCUT2D eigenvalue weighted by molar-refractivity contribution is -0.128. The maximum absolute atomic E-state index is 13.2. The van der Waals surface area contributed by atoms with Crippen LogP contribution in [-0.4, -0.2) is 50.0 Å². The molecular formula is C24H30N2O6S. The van der Waals surface area contributed by atoms with Crippen LogP contribution >= 0.6 is 0 Å². The Hall–Kier alpha value is -2.78. The SMILES string of the molecule is CC(C)Oc1ccc(S(=O)(=O)N2CCCCC2)cc1NC(=O)[C@H]1Oc2ccccc2O[C@H]1C. The summed E-state index contributed by atoms with van der Waals surface area (Å²) in [5.41, 5.74) is 0.279. The molecule has 0 saturated carbocycles. The lowest BCUT2D eigenvalue weighted by atomic mass is 10.1. The molecule has 1 saturated heterocycles. The molecule has 0 unspecified atom stereocenters. The number of benzene rings is 2. The summed E-state index contributed by atoms with van der Waals surface area (Å²) in [6.45, 7) is 6.47. The quantitative estimate of drug-likeness (QED) is 0.684. The molecule has 0 aromatic heterocycles. The molecule has 0 bridgehead atoms. The summed E-state index contributed by atoms with van der Waals surface area (Å²) in [5.74, 6) is 1.00. The number of carbonyl (C=O) groups is 1. The van der Waals surface area contributed by atoms with Gasteiger partial charge in [-0.2, -0.15) is 4.31 Å². The van der Waals surface area contributed by atoms with E-state index in [0.717, 1.165) is 19.3 Å². The number of hydrogen-bond acceptors (Lipinski definition) is 6. The van der Waals surface area contributed by atoms with Crippen LogP contribution in [0.4, 0.5) is 5.69 Å². The van der Waals surface area contributed by atoms with Crippen molar-refractivity contribution in [2.24, 2.45) is 0 Å². The van der Waals surface area contributed by atoms with Crippen LogP contribution in [0.1, 0.15) is 40.0 Å². The standard InChI is InChI=1S/C24H30N2O6S/c1-16(2)30-20-12-11-18(33(28,29)26-13-7-4-8-14-26)15-19(20)25-24(27)23-17(3)31-21-9-5-6-10-22(21)32-23/h5-6,9-12,15-17,23H,4,7-8,13-14H2,1-3H3,(H,25,27)/t17-,23-/m0/s1. The number of rotatable bonds is 6. The van der Waals surface area contributed by atoms with Crippen molar-refractivity contribution < 1.29 is 27.4 Å². The third-order valence-corrected chi connectivity index (χ3v) is 7.52. The first-order valence-electron chi connectivity index (χ1n) is 11.3. The first-order chi connectivity index (χ1) is 15.8. The Labute approximate surface area is 194 Å². The Morgan fingerprint density at radius 1 is 1.06 bits per heavy atom. The number of hydrogen-bond donors (Lipinski definition) is 1. The molecule has 1 fully saturated rings. The number of piperidine rings is 1. The van der Waals surface area contributed by atoms with Crippen LogP contribution in [0.15, 0.2) is 47.4 Å². The summed E-state index contributed by atoms with van der Waals surface area (Å²) in [5, 5.41) is 2.81. The highest BCUT2D eigenvalue weighted by atomic mass is 32.2. The fourth-order valence-electron chi connectivity index (χ4n) is 3.99. The van der Waals surface area contributed by atoms with Crippen LogP contribution < -0.4 is 19.5 Å². The van der Waals surface area contributed by atoms with E-state index < -0.39 is 28.1 Å². The summed E-state index contributed by atoms with van der Waals surface area (Å²) in [4.78, 5) is 13.3. The second kappa shape index (κ2) is 9.61. The zero-order valence-electron chi connectivity index (χ0n) is 19.1. The van der Waals surface area contributed by atoms with E-state index in [2.05, 4.69) is 5.32 Å². The van der Waals surface area contributed by atoms with Crippen molar-refractivity contribution in [3.8, 4) is 17.2 Å². The third-order valence-electron chi connectivity index (χ3n) is 5.63. The number of nitrogens with zero attached hydrogens (tertiary/aromatic N) is 1. The normalized spacial score (nSPS) is 21.0. The second-order valence-electron chi connectivity index (χ2n) is 8.59. The van der Waals surface area contributed by atoms with Gasteiger partial charge in [-0.25, -0.2) is 8.42 Å². The first-order valence-corrected chi connectivity index (χ1v) is 12.7. The zero-order valence-corrected chi connectivity index (χ0v) is 19.9. The minimum atomic E-state index is -3.67. The van der Waals surface area contributed by atoms with Gasteiger partial charge < -0.3 is 19.5 Å². The zero-order chi connectivity index (χ0) is 23.6. The number of nitrogens with one attached hydrogen (secondary N) is 1. The van der Waals surface area contributed by atoms with E-state index in [9.17, 15) is 13.2 Å². The Morgan fingerprint density at radius 2 is 1.73 bits per heavy atom. The van der Waals surface area contributed by atoms with E-state index in [1.807, 2.05) is 19.9 Å². The van der Waals surface area contributed by atoms with Gasteiger partial charge in [-0.1, -0.05) is 18.6 Å². The van der Waals surface area contributed by atoms with Crippen LogP contribution in [0.3, 0.4) is 0 Å². The molecule has 2 aromatic carbocycles. The van der Waals surface area contributed by atoms with Gasteiger partial charge in [0.2, 0.25) is 16.1 Å². The molecule has 2 aliphatic heterocycles. The molecule has 2 aromatic rings. The number of anilines is 1. The minimum Gasteiger partial charge on any atom is -0.489 e. The van der Waals surface area contributed by atoms with Crippen LogP contribution in [0.5, 0.6) is 17.2 Å². The van der Waals surface area contributed by atoms with Crippen molar-refractivity contribution in [3.63, 3.8) is 0 Å². The fraction of sp³-hybridized carbons (Fsp3) is 0.458. The maximum Gasteiger partial charge on any atom is 0.269 e. The summed E-state index contributed by atoms with van der Waals surface area (Å²) >= 11 is 0. The Bertz CT molecular complexity index is 1110. The van der Waals surface area contributed by atoms with Gasteiger partial charge in [0.05, 0.1) is 16.7 Å². The van der Waals surface area contributed by atoms with E-state index >= 15 is 0 Å². The van der Waals surface area contributed by atoms with Gasteiger partial charge in [0.1, 0.15) is 11.9 Å². The lowest BCUT2D eigenvalue weighted by Gasteiger charge is -2.31. The maximum atomic E-state index is 13.2. The number of amides is 1. The Morgan fingerprint density at radius 3 is 2.39 bits per heavy atom. The molecule has 1 N–H and O–H groups in total. The van der Waals surface area contributed by atoms with E-state index in [0.29, 0.717) is 30.3 Å². The fourth-order valence-corrected chi connectivity index (χ4v) is 5.53. The van der Waals surface area contributed by atoms with E-state index in [1.165, 1.54) is 16.4 Å². The molecule has 8 nitrogen and oxygen atoms in total. The number of ether oxygens (including phenoxy) is 3. The van der Waals surface area contributed by atoms with Crippen molar-refractivity contribution in [2.45, 2.75) is 63.2 Å². The highest BCUT2D eigenvalue weighted by Gasteiger charge is 2.35. The summed E-state index contributed by atoms with van der Waals surface area (Å²) < 4.78 is 45.4. The third kappa shape index (κ3) is 5.09. The van der Waals surface area contributed by atoms with Gasteiger partial charge in [0, 0.05) is 13.1 Å². The Balaban J connectivity index is 1.61. The molecule has 4 rings (SSSR count). The van der Waals surface area contributed by atoms with Crippen molar-refractivity contribution in [1.82, 2.24) is 4.31 Å². The molecule has 2 atom stereocenters. The lowest BCUT2D eigenvalue weighted by Crippen LogP contribution is -2.46. The largest absolute Gasteiger partial charge is 0.489 e. The highest BCUT2D eigenvalue weighted by molar-refractivity contribution is 7.89. The van der Waals surface area contributed by atoms with Gasteiger partial charge in [-0.3, -0.25) is 4.79 Å². The number of sulfonamides is 1. The van der Waals surface area contributed by atoms with Crippen LogP contribution in [0, 0.1) is 0 Å². The second-order valence-corrected chi connectivity index (χ2v) is 10.5. The van der Waals surface area contributed by atoms with Crippen molar-refractivity contribution in [3.05, 3.63) is 42.5 Å². The smallest absolute Gasteiger partial charge is 0.269 e. The molecular weight excluding hydrogens is 444 g/mol. The Kier molecular flexibility index (Phi) is 6.81. The molecule has 178 valence electrons. The van der Waals surface area contributed by atoms with Crippen LogP contribution in [0.25, 0.3) is 0 Å². The highest BCUT2D eigenvalue weighted by Crippen LogP contribution is 2.35. The molecule has 9 heteroatoms. The molecule has 0 radical (unpaired) electrons. The molecule has 1 amide bonds. The van der Waals surface area contributed by atoms with Gasteiger partial charge >= 0.3 is 0 Å². The van der Waals surface area contributed by atoms with Crippen LogP contribution in [0.2, 0.25) is 0 Å². The molecule has 2 aliphatic rings. The average Bonchev–Trinajstić information content (AvgIpc) is 2.79. The summed E-state index contributed by atoms with van der Waals surface area (Å²) in [6, 6.07) is 11.7. The van der Waals surface area contributed by atoms with Gasteiger partial charge in [0.15, 0.2) is 11.5 Å². The van der Waals surface area contributed by atoms with Gasteiger partial charge in [-0.15, -0.1) is 0 Å². The van der Waals surface area contributed by atoms with Crippen molar-refractivity contribution >= 4 is 21.6 Å². The van der Waals surface area contributed by atoms with E-state index in [-0.39, 0.29) is 16.7 Å². The summed E-state index contributed by atoms with van der Waals surface area (Å²) in [6.07, 6.45) is 1.11. The summed E-state index contributed by atoms with van der Waals surface area (Å²) in [7, 11) is -3.67. The van der Waals surface area contributed by atoms with Crippen LogP contribution in [-0.2, 0) is 14.8 Å². The van der Waals surface area contributed by atoms with E-state index in [1.54, 1.807) is 31.2 Å². The van der Waals surface area contributed by atoms with Crippen molar-refractivity contribution in [1.29, 1.82) is 0 Å².